The lowest BCUT2D eigenvalue weighted by molar-refractivity contribution is -0.127. The van der Waals surface area contributed by atoms with Gasteiger partial charge >= 0.3 is 0 Å². The molecule has 1 fully saturated rings. The van der Waals surface area contributed by atoms with Crippen LogP contribution >= 0.6 is 35.7 Å². The van der Waals surface area contributed by atoms with Crippen LogP contribution in [0.3, 0.4) is 0 Å². The minimum Gasteiger partial charge on any atom is -0.356 e. The van der Waals surface area contributed by atoms with Crippen LogP contribution in [0.4, 0.5) is 0 Å². The van der Waals surface area contributed by atoms with E-state index in [1.165, 1.54) is 17.7 Å². The number of guanidine groups is 1. The van der Waals surface area contributed by atoms with Crippen LogP contribution < -0.4 is 10.6 Å². The van der Waals surface area contributed by atoms with E-state index in [-0.39, 0.29) is 41.2 Å². The van der Waals surface area contributed by atoms with E-state index in [1.54, 1.807) is 19.0 Å². The molecule has 140 valence electrons. The van der Waals surface area contributed by atoms with Crippen molar-refractivity contribution in [1.29, 1.82) is 0 Å². The Morgan fingerprint density at radius 2 is 1.92 bits per heavy atom. The molecule has 1 aliphatic rings. The van der Waals surface area contributed by atoms with Crippen molar-refractivity contribution in [3.8, 4) is 0 Å². The lowest BCUT2D eigenvalue weighted by Crippen LogP contribution is -2.42. The van der Waals surface area contributed by atoms with E-state index >= 15 is 0 Å². The first-order valence-electron chi connectivity index (χ1n) is 8.51. The second kappa shape index (κ2) is 10.9. The van der Waals surface area contributed by atoms with Gasteiger partial charge in [0.2, 0.25) is 5.91 Å². The molecule has 1 aromatic rings. The zero-order valence-electron chi connectivity index (χ0n) is 15.2. The summed E-state index contributed by atoms with van der Waals surface area (Å²) in [5, 5.41) is 6.71. The van der Waals surface area contributed by atoms with Gasteiger partial charge in [-0.25, -0.2) is 4.99 Å². The van der Waals surface area contributed by atoms with Crippen molar-refractivity contribution in [1.82, 2.24) is 15.5 Å². The number of benzene rings is 1. The number of amides is 1. The number of aliphatic imine (C=N–C) groups is 1. The number of carbonyl (C=O) groups excluding carboxylic acids is 1. The number of halogens is 1. The predicted octanol–water partition coefficient (Wildman–Crippen LogP) is 2.96. The highest BCUT2D eigenvalue weighted by Gasteiger charge is 2.43. The number of carbonyl (C=O) groups is 1. The zero-order chi connectivity index (χ0) is 17.4. The fourth-order valence-electron chi connectivity index (χ4n) is 2.14. The molecule has 0 aliphatic heterocycles. The SMILES string of the molecule is CCCNC(=NCC(=O)N(C)C)NCC1(Sc2ccccc2)CC1.I. The van der Waals surface area contributed by atoms with Gasteiger partial charge in [-0.2, -0.15) is 0 Å². The molecule has 2 rings (SSSR count). The van der Waals surface area contributed by atoms with Crippen molar-refractivity contribution < 1.29 is 4.79 Å². The number of hydrogen-bond acceptors (Lipinski definition) is 3. The molecule has 1 amide bonds. The first kappa shape index (κ1) is 22.1. The van der Waals surface area contributed by atoms with Gasteiger partial charge in [0.15, 0.2) is 5.96 Å². The van der Waals surface area contributed by atoms with Crippen LogP contribution in [0, 0.1) is 0 Å². The fraction of sp³-hybridized carbons (Fsp3) is 0.556. The molecule has 2 N–H and O–H groups in total. The van der Waals surface area contributed by atoms with E-state index in [2.05, 4.69) is 46.8 Å². The quantitative estimate of drug-likeness (QED) is 0.344. The summed E-state index contributed by atoms with van der Waals surface area (Å²) in [5.41, 5.74) is 0. The third kappa shape index (κ3) is 7.85. The third-order valence-electron chi connectivity index (χ3n) is 3.88. The summed E-state index contributed by atoms with van der Waals surface area (Å²) in [7, 11) is 3.50. The van der Waals surface area contributed by atoms with E-state index in [0.29, 0.717) is 0 Å². The van der Waals surface area contributed by atoms with E-state index in [4.69, 9.17) is 0 Å². The van der Waals surface area contributed by atoms with E-state index in [1.807, 2.05) is 17.8 Å². The van der Waals surface area contributed by atoms with Gasteiger partial charge in [-0.05, 0) is 31.4 Å². The van der Waals surface area contributed by atoms with E-state index < -0.39 is 0 Å². The minimum absolute atomic E-state index is 0. The van der Waals surface area contributed by atoms with Crippen LogP contribution in [0.5, 0.6) is 0 Å². The highest BCUT2D eigenvalue weighted by atomic mass is 127. The van der Waals surface area contributed by atoms with Crippen molar-refractivity contribution in [2.24, 2.45) is 4.99 Å². The summed E-state index contributed by atoms with van der Waals surface area (Å²) >= 11 is 1.93. The van der Waals surface area contributed by atoms with Crippen molar-refractivity contribution in [3.05, 3.63) is 30.3 Å². The molecule has 0 heterocycles. The second-order valence-corrected chi connectivity index (χ2v) is 7.87. The topological polar surface area (TPSA) is 56.7 Å². The number of thioether (sulfide) groups is 1. The molecule has 1 aromatic carbocycles. The van der Waals surface area contributed by atoms with Gasteiger partial charge in [-0.15, -0.1) is 35.7 Å². The number of nitrogens with zero attached hydrogens (tertiary/aromatic N) is 2. The fourth-order valence-corrected chi connectivity index (χ4v) is 3.39. The Morgan fingerprint density at radius 3 is 2.48 bits per heavy atom. The monoisotopic (exact) mass is 476 g/mol. The number of hydrogen-bond donors (Lipinski definition) is 2. The summed E-state index contributed by atoms with van der Waals surface area (Å²) in [6.07, 6.45) is 3.43. The van der Waals surface area contributed by atoms with Gasteiger partial charge in [-0.3, -0.25) is 4.79 Å². The maximum absolute atomic E-state index is 11.7. The number of likely N-dealkylation sites (N-methyl/N-ethyl adjacent to an activating group) is 1. The summed E-state index contributed by atoms with van der Waals surface area (Å²) in [6, 6.07) is 10.5. The lowest BCUT2D eigenvalue weighted by Gasteiger charge is -2.19. The standard InChI is InChI=1S/C18H28N4OS.HI/c1-4-12-19-17(20-13-16(23)22(2)3)21-14-18(10-11-18)24-15-8-6-5-7-9-15;/h5-9H,4,10-14H2,1-3H3,(H2,19,20,21);1H. The Balaban J connectivity index is 0.00000312. The Bertz CT molecular complexity index is 561. The van der Waals surface area contributed by atoms with E-state index in [0.717, 1.165) is 25.5 Å². The van der Waals surface area contributed by atoms with Gasteiger partial charge in [-0.1, -0.05) is 25.1 Å². The van der Waals surface area contributed by atoms with Crippen molar-refractivity contribution in [2.75, 3.05) is 33.7 Å². The van der Waals surface area contributed by atoms with Crippen LogP contribution in [0.15, 0.2) is 40.2 Å². The minimum atomic E-state index is 0. The molecule has 25 heavy (non-hydrogen) atoms. The van der Waals surface area contributed by atoms with Gasteiger partial charge in [0.1, 0.15) is 6.54 Å². The van der Waals surface area contributed by atoms with Crippen LogP contribution in [0.2, 0.25) is 0 Å². The Labute approximate surface area is 172 Å². The molecule has 0 unspecified atom stereocenters. The molecule has 0 spiro atoms. The van der Waals surface area contributed by atoms with Crippen LogP contribution in [0.25, 0.3) is 0 Å². The molecule has 0 bridgehead atoms. The molecular formula is C18H29IN4OS. The Hall–Kier alpha value is -0.960. The van der Waals surface area contributed by atoms with Gasteiger partial charge < -0.3 is 15.5 Å². The molecule has 7 heteroatoms. The first-order valence-corrected chi connectivity index (χ1v) is 9.33. The maximum atomic E-state index is 11.7. The van der Waals surface area contributed by atoms with Crippen LogP contribution in [-0.2, 0) is 4.79 Å². The number of nitrogens with one attached hydrogen (secondary N) is 2. The summed E-state index contributed by atoms with van der Waals surface area (Å²) < 4.78 is 0.252. The number of rotatable bonds is 8. The molecule has 0 aromatic heterocycles. The molecule has 5 nitrogen and oxygen atoms in total. The molecular weight excluding hydrogens is 447 g/mol. The Morgan fingerprint density at radius 1 is 1.24 bits per heavy atom. The van der Waals surface area contributed by atoms with Crippen LogP contribution in [0.1, 0.15) is 26.2 Å². The zero-order valence-corrected chi connectivity index (χ0v) is 18.4. The summed E-state index contributed by atoms with van der Waals surface area (Å²) in [5.74, 6) is 0.736. The average Bonchev–Trinajstić information content (AvgIpc) is 3.34. The Kier molecular flexibility index (Phi) is 9.63. The van der Waals surface area contributed by atoms with Gasteiger partial charge in [0.05, 0.1) is 0 Å². The molecule has 0 saturated heterocycles. The maximum Gasteiger partial charge on any atom is 0.243 e. The predicted molar refractivity (Wildman–Crippen MR) is 117 cm³/mol. The first-order chi connectivity index (χ1) is 11.5. The normalized spacial score (nSPS) is 15.1. The van der Waals surface area contributed by atoms with E-state index in [9.17, 15) is 4.79 Å². The smallest absolute Gasteiger partial charge is 0.243 e. The molecule has 0 atom stereocenters. The van der Waals surface area contributed by atoms with Gasteiger partial charge in [0, 0.05) is 36.8 Å². The molecule has 1 saturated carbocycles. The van der Waals surface area contributed by atoms with Gasteiger partial charge in [0.25, 0.3) is 0 Å². The van der Waals surface area contributed by atoms with Crippen molar-refractivity contribution in [2.45, 2.75) is 35.8 Å². The highest BCUT2D eigenvalue weighted by molar-refractivity contribution is 14.0. The summed E-state index contributed by atoms with van der Waals surface area (Å²) in [4.78, 5) is 19.0. The largest absolute Gasteiger partial charge is 0.356 e. The molecule has 0 radical (unpaired) electrons. The highest BCUT2D eigenvalue weighted by Crippen LogP contribution is 2.51. The third-order valence-corrected chi connectivity index (χ3v) is 5.37. The van der Waals surface area contributed by atoms with Crippen molar-refractivity contribution >= 4 is 47.6 Å². The summed E-state index contributed by atoms with van der Waals surface area (Å²) in [6.45, 7) is 3.99. The lowest BCUT2D eigenvalue weighted by atomic mass is 10.4. The molecule has 1 aliphatic carbocycles. The second-order valence-electron chi connectivity index (χ2n) is 6.33. The van der Waals surface area contributed by atoms with Crippen molar-refractivity contribution in [3.63, 3.8) is 0 Å². The van der Waals surface area contributed by atoms with Crippen LogP contribution in [-0.4, -0.2) is 55.2 Å². The average molecular weight is 476 g/mol.